The first-order valence-corrected chi connectivity index (χ1v) is 10.8. The average Bonchev–Trinajstić information content (AvgIpc) is 3.33. The molecule has 4 rings (SSSR count). The van der Waals surface area contributed by atoms with Gasteiger partial charge >= 0.3 is 6.03 Å². The van der Waals surface area contributed by atoms with Crippen LogP contribution in [0.1, 0.15) is 23.1 Å². The number of urea groups is 1. The molecule has 3 heterocycles. The number of benzene rings is 1. The number of halogens is 1. The lowest BCUT2D eigenvalue weighted by molar-refractivity contribution is -0.131. The van der Waals surface area contributed by atoms with E-state index in [9.17, 15) is 9.59 Å². The second-order valence-corrected chi connectivity index (χ2v) is 9.88. The fraction of sp³-hybridized carbons (Fsp3) is 0.211. The van der Waals surface area contributed by atoms with Crippen molar-refractivity contribution < 1.29 is 9.59 Å². The van der Waals surface area contributed by atoms with Crippen LogP contribution in [0.2, 0.25) is 0 Å². The summed E-state index contributed by atoms with van der Waals surface area (Å²) in [5, 5.41) is 5.60. The van der Waals surface area contributed by atoms with E-state index in [-0.39, 0.29) is 12.5 Å². The highest BCUT2D eigenvalue weighted by atomic mass is 79.9. The van der Waals surface area contributed by atoms with Gasteiger partial charge in [0.1, 0.15) is 5.01 Å². The minimum atomic E-state index is -1.04. The first kappa shape index (κ1) is 18.3. The number of thiazole rings is 1. The largest absolute Gasteiger partial charge is 0.325 e. The molecule has 5 nitrogen and oxygen atoms in total. The third-order valence-electron chi connectivity index (χ3n) is 4.51. The van der Waals surface area contributed by atoms with Crippen molar-refractivity contribution >= 4 is 50.5 Å². The topological polar surface area (TPSA) is 62.3 Å². The summed E-state index contributed by atoms with van der Waals surface area (Å²) in [6.45, 7) is 3.94. The maximum absolute atomic E-state index is 13.0. The first-order chi connectivity index (χ1) is 12.9. The van der Waals surface area contributed by atoms with Crippen LogP contribution in [0.5, 0.6) is 0 Å². The maximum Gasteiger partial charge on any atom is 0.325 e. The van der Waals surface area contributed by atoms with Crippen molar-refractivity contribution in [2.75, 3.05) is 0 Å². The molecule has 0 saturated carbocycles. The second kappa shape index (κ2) is 6.85. The molecule has 0 aliphatic carbocycles. The van der Waals surface area contributed by atoms with Crippen LogP contribution in [-0.4, -0.2) is 21.8 Å². The molecule has 1 N–H and O–H groups in total. The predicted molar refractivity (Wildman–Crippen MR) is 111 cm³/mol. The zero-order valence-corrected chi connectivity index (χ0v) is 17.9. The van der Waals surface area contributed by atoms with Crippen molar-refractivity contribution in [1.82, 2.24) is 15.2 Å². The van der Waals surface area contributed by atoms with Crippen LogP contribution in [0.15, 0.2) is 45.6 Å². The van der Waals surface area contributed by atoms with E-state index in [0.29, 0.717) is 5.69 Å². The molecule has 1 fully saturated rings. The van der Waals surface area contributed by atoms with Gasteiger partial charge in [-0.3, -0.25) is 9.69 Å². The Bertz CT molecular complexity index is 1030. The molecule has 2 aromatic heterocycles. The van der Waals surface area contributed by atoms with Gasteiger partial charge in [0.2, 0.25) is 0 Å². The number of nitrogens with one attached hydrogen (secondary N) is 1. The van der Waals surface area contributed by atoms with Gasteiger partial charge in [-0.05, 0) is 41.9 Å². The summed E-state index contributed by atoms with van der Waals surface area (Å²) in [6.07, 6.45) is 0. The lowest BCUT2D eigenvalue weighted by Gasteiger charge is -2.19. The number of rotatable bonds is 4. The number of carbonyl (C=O) groups excluding carboxylic acids is 2. The number of imide groups is 1. The lowest BCUT2D eigenvalue weighted by atomic mass is 10.0. The van der Waals surface area contributed by atoms with Gasteiger partial charge in [-0.2, -0.15) is 0 Å². The van der Waals surface area contributed by atoms with Crippen LogP contribution < -0.4 is 5.32 Å². The standard InChI is InChI=1S/C19H16BrN3O2S2/c1-11-3-5-12(6-4-11)16-21-13(10-26-16)9-23-17(24)19(2,22-18(23)25)14-7-8-15(20)27-14/h3-8,10H,9H2,1-2H3,(H,22,25). The molecular formula is C19H16BrN3O2S2. The molecule has 0 spiro atoms. The molecule has 1 saturated heterocycles. The Morgan fingerprint density at radius 1 is 1.19 bits per heavy atom. The van der Waals surface area contributed by atoms with Crippen molar-refractivity contribution in [3.8, 4) is 10.6 Å². The van der Waals surface area contributed by atoms with E-state index in [1.54, 1.807) is 6.92 Å². The quantitative estimate of drug-likeness (QED) is 0.561. The maximum atomic E-state index is 13.0. The molecular weight excluding hydrogens is 446 g/mol. The molecule has 3 amide bonds. The van der Waals surface area contributed by atoms with Crippen molar-refractivity contribution in [1.29, 1.82) is 0 Å². The first-order valence-electron chi connectivity index (χ1n) is 8.28. The number of nitrogens with zero attached hydrogens (tertiary/aromatic N) is 2. The second-order valence-electron chi connectivity index (χ2n) is 6.56. The van der Waals surface area contributed by atoms with Gasteiger partial charge < -0.3 is 5.32 Å². The number of hydrogen-bond donors (Lipinski definition) is 1. The summed E-state index contributed by atoms with van der Waals surface area (Å²) < 4.78 is 0.918. The molecule has 1 atom stereocenters. The molecule has 0 radical (unpaired) electrons. The highest BCUT2D eigenvalue weighted by Gasteiger charge is 2.49. The van der Waals surface area contributed by atoms with Crippen LogP contribution in [0.3, 0.4) is 0 Å². The van der Waals surface area contributed by atoms with Crippen LogP contribution in [-0.2, 0) is 16.9 Å². The van der Waals surface area contributed by atoms with E-state index in [1.165, 1.54) is 33.1 Å². The number of carbonyl (C=O) groups is 2. The smallest absolute Gasteiger partial charge is 0.319 e. The number of thiophene rings is 1. The molecule has 1 aliphatic rings. The monoisotopic (exact) mass is 461 g/mol. The van der Waals surface area contributed by atoms with Gasteiger partial charge in [0.05, 0.1) is 16.0 Å². The predicted octanol–water partition coefficient (Wildman–Crippen LogP) is 4.91. The van der Waals surface area contributed by atoms with Crippen LogP contribution >= 0.6 is 38.6 Å². The summed E-state index contributed by atoms with van der Waals surface area (Å²) in [6, 6.07) is 11.5. The number of amides is 3. The normalized spacial score (nSPS) is 19.6. The number of aromatic nitrogens is 1. The summed E-state index contributed by atoms with van der Waals surface area (Å²) >= 11 is 6.36. The Balaban J connectivity index is 1.55. The van der Waals surface area contributed by atoms with Gasteiger partial charge in [0.25, 0.3) is 5.91 Å². The molecule has 1 aliphatic heterocycles. The highest BCUT2D eigenvalue weighted by molar-refractivity contribution is 9.11. The van der Waals surface area contributed by atoms with Crippen LogP contribution in [0.4, 0.5) is 4.79 Å². The molecule has 0 bridgehead atoms. The van der Waals surface area contributed by atoms with Gasteiger partial charge in [0.15, 0.2) is 5.54 Å². The van der Waals surface area contributed by atoms with Crippen molar-refractivity contribution in [3.05, 3.63) is 61.7 Å². The fourth-order valence-corrected chi connectivity index (χ4v) is 5.26. The third-order valence-corrected chi connectivity index (χ3v) is 7.30. The van der Waals surface area contributed by atoms with Crippen molar-refractivity contribution in [3.63, 3.8) is 0 Å². The zero-order valence-electron chi connectivity index (χ0n) is 14.7. The van der Waals surface area contributed by atoms with E-state index < -0.39 is 11.6 Å². The van der Waals surface area contributed by atoms with E-state index >= 15 is 0 Å². The molecule has 1 aromatic carbocycles. The SMILES string of the molecule is Cc1ccc(-c2nc(CN3C(=O)NC(C)(c4ccc(Br)s4)C3=O)cs2)cc1. The Morgan fingerprint density at radius 2 is 1.93 bits per heavy atom. The third kappa shape index (κ3) is 3.33. The Hall–Kier alpha value is -2.03. The molecule has 27 heavy (non-hydrogen) atoms. The van der Waals surface area contributed by atoms with E-state index in [1.807, 2.05) is 48.7 Å². The lowest BCUT2D eigenvalue weighted by Crippen LogP contribution is -2.40. The van der Waals surface area contributed by atoms with Crippen molar-refractivity contribution in [2.45, 2.75) is 25.9 Å². The zero-order chi connectivity index (χ0) is 19.2. The molecule has 138 valence electrons. The Morgan fingerprint density at radius 3 is 2.59 bits per heavy atom. The van der Waals surface area contributed by atoms with E-state index in [0.717, 1.165) is 19.2 Å². The van der Waals surface area contributed by atoms with Gasteiger partial charge in [0, 0.05) is 15.8 Å². The van der Waals surface area contributed by atoms with E-state index in [2.05, 4.69) is 26.2 Å². The molecule has 3 aromatic rings. The fourth-order valence-electron chi connectivity index (χ4n) is 2.96. The molecule has 8 heteroatoms. The highest BCUT2D eigenvalue weighted by Crippen LogP contribution is 2.36. The van der Waals surface area contributed by atoms with Crippen LogP contribution in [0.25, 0.3) is 10.6 Å². The van der Waals surface area contributed by atoms with Gasteiger partial charge in [-0.25, -0.2) is 9.78 Å². The van der Waals surface area contributed by atoms with Crippen molar-refractivity contribution in [2.24, 2.45) is 0 Å². The number of hydrogen-bond acceptors (Lipinski definition) is 5. The summed E-state index contributed by atoms with van der Waals surface area (Å²) in [5.74, 6) is -0.258. The minimum absolute atomic E-state index is 0.162. The Labute approximate surface area is 173 Å². The summed E-state index contributed by atoms with van der Waals surface area (Å²) in [5.41, 5.74) is 1.89. The van der Waals surface area contributed by atoms with E-state index in [4.69, 9.17) is 0 Å². The van der Waals surface area contributed by atoms with Gasteiger partial charge in [-0.1, -0.05) is 29.8 Å². The summed E-state index contributed by atoms with van der Waals surface area (Å²) in [4.78, 5) is 32.1. The van der Waals surface area contributed by atoms with Gasteiger partial charge in [-0.15, -0.1) is 22.7 Å². The minimum Gasteiger partial charge on any atom is -0.319 e. The van der Waals surface area contributed by atoms with Crippen LogP contribution in [0, 0.1) is 6.92 Å². The average molecular weight is 462 g/mol. The summed E-state index contributed by atoms with van der Waals surface area (Å²) in [7, 11) is 0. The Kier molecular flexibility index (Phi) is 4.65. The molecule has 1 unspecified atom stereocenters. The number of aryl methyl sites for hydroxylation is 1.